The maximum Gasteiger partial charge on any atom is 0.328 e. The lowest BCUT2D eigenvalue weighted by Crippen LogP contribution is -2.48. The molecule has 0 aliphatic heterocycles. The molecule has 0 saturated heterocycles. The number of amides is 2. The van der Waals surface area contributed by atoms with Gasteiger partial charge in [-0.2, -0.15) is 0 Å². The summed E-state index contributed by atoms with van der Waals surface area (Å²) in [5.41, 5.74) is 1.95. The molecule has 36 heavy (non-hydrogen) atoms. The minimum absolute atomic E-state index is 0.0260. The van der Waals surface area contributed by atoms with Gasteiger partial charge in [0.2, 0.25) is 5.95 Å². The highest BCUT2D eigenvalue weighted by Gasteiger charge is 2.25. The predicted octanol–water partition coefficient (Wildman–Crippen LogP) is 1.25. The number of aromatic nitrogens is 4. The van der Waals surface area contributed by atoms with Crippen molar-refractivity contribution in [1.82, 2.24) is 30.6 Å². The summed E-state index contributed by atoms with van der Waals surface area (Å²) in [4.78, 5) is 52.9. The number of hydrogen-bond donors (Lipinski definition) is 5. The Labute approximate surface area is 207 Å². The molecule has 1 atom stereocenters. The van der Waals surface area contributed by atoms with Gasteiger partial charge in [-0.15, -0.1) is 0 Å². The summed E-state index contributed by atoms with van der Waals surface area (Å²) in [6, 6.07) is 5.67. The van der Waals surface area contributed by atoms with E-state index in [0.29, 0.717) is 23.9 Å². The van der Waals surface area contributed by atoms with Crippen LogP contribution in [0.3, 0.4) is 0 Å². The number of carboxylic acids is 1. The average Bonchev–Trinajstić information content (AvgIpc) is 2.84. The zero-order valence-electron chi connectivity index (χ0n) is 19.9. The molecule has 0 saturated carbocycles. The number of carboxylic acid groups (broad SMARTS) is 1. The second kappa shape index (κ2) is 12.2. The van der Waals surface area contributed by atoms with E-state index in [1.165, 1.54) is 18.6 Å². The van der Waals surface area contributed by atoms with Crippen molar-refractivity contribution in [2.75, 3.05) is 18.4 Å². The van der Waals surface area contributed by atoms with Gasteiger partial charge in [-0.3, -0.25) is 14.6 Å². The molecule has 188 valence electrons. The fourth-order valence-electron chi connectivity index (χ4n) is 3.46. The highest BCUT2D eigenvalue weighted by molar-refractivity contribution is 5.99. The van der Waals surface area contributed by atoms with Crippen LogP contribution in [0.1, 0.15) is 44.2 Å². The molecule has 0 aliphatic rings. The molecule has 3 rings (SSSR count). The van der Waals surface area contributed by atoms with E-state index in [1.807, 2.05) is 6.07 Å². The number of aliphatic carboxylic acids is 1. The van der Waals surface area contributed by atoms with Gasteiger partial charge in [-0.05, 0) is 44.4 Å². The van der Waals surface area contributed by atoms with Crippen LogP contribution in [0.4, 0.5) is 5.95 Å². The number of carbonyl (C=O) groups is 3. The largest absolute Gasteiger partial charge is 0.508 e. The normalized spacial score (nSPS) is 11.4. The van der Waals surface area contributed by atoms with Crippen LogP contribution in [-0.2, 0) is 11.2 Å². The van der Waals surface area contributed by atoms with Crippen molar-refractivity contribution in [3.63, 3.8) is 0 Å². The summed E-state index contributed by atoms with van der Waals surface area (Å²) in [5, 5.41) is 27.0. The SMILES string of the molecule is Cc1nc(NCCCc2cccc(O)c2)nc(C)c1C(=O)NC(CNC(=O)c1cnccn1)C(=O)O. The Kier molecular flexibility index (Phi) is 8.81. The lowest BCUT2D eigenvalue weighted by Gasteiger charge is -2.17. The Bertz CT molecular complexity index is 1210. The van der Waals surface area contributed by atoms with Crippen LogP contribution in [0.2, 0.25) is 0 Å². The first kappa shape index (κ1) is 26.0. The quantitative estimate of drug-likeness (QED) is 0.244. The van der Waals surface area contributed by atoms with Gasteiger partial charge in [0.1, 0.15) is 17.5 Å². The highest BCUT2D eigenvalue weighted by atomic mass is 16.4. The topological polar surface area (TPSA) is 179 Å². The highest BCUT2D eigenvalue weighted by Crippen LogP contribution is 2.15. The molecular formula is C24H27N7O5. The maximum absolute atomic E-state index is 12.8. The van der Waals surface area contributed by atoms with Crippen LogP contribution in [0, 0.1) is 13.8 Å². The Balaban J connectivity index is 1.57. The van der Waals surface area contributed by atoms with Crippen molar-refractivity contribution >= 4 is 23.7 Å². The minimum atomic E-state index is -1.38. The zero-order valence-corrected chi connectivity index (χ0v) is 19.9. The number of benzene rings is 1. The van der Waals surface area contributed by atoms with Gasteiger partial charge >= 0.3 is 5.97 Å². The van der Waals surface area contributed by atoms with Crippen molar-refractivity contribution in [2.45, 2.75) is 32.7 Å². The fourth-order valence-corrected chi connectivity index (χ4v) is 3.46. The van der Waals surface area contributed by atoms with Crippen molar-refractivity contribution in [3.8, 4) is 5.75 Å². The van der Waals surface area contributed by atoms with E-state index in [-0.39, 0.29) is 23.6 Å². The van der Waals surface area contributed by atoms with Crippen molar-refractivity contribution in [2.24, 2.45) is 0 Å². The molecule has 0 spiro atoms. The molecule has 12 nitrogen and oxygen atoms in total. The summed E-state index contributed by atoms with van der Waals surface area (Å²) in [7, 11) is 0. The Morgan fingerprint density at radius 3 is 2.44 bits per heavy atom. The summed E-state index contributed by atoms with van der Waals surface area (Å²) in [6.45, 7) is 3.49. The third kappa shape index (κ3) is 7.19. The Morgan fingerprint density at radius 2 is 1.81 bits per heavy atom. The molecule has 1 unspecified atom stereocenters. The van der Waals surface area contributed by atoms with Crippen LogP contribution < -0.4 is 16.0 Å². The molecule has 12 heteroatoms. The fraction of sp³-hybridized carbons (Fsp3) is 0.292. The lowest BCUT2D eigenvalue weighted by atomic mass is 10.1. The van der Waals surface area contributed by atoms with E-state index in [0.717, 1.165) is 18.4 Å². The number of hydrogen-bond acceptors (Lipinski definition) is 9. The summed E-state index contributed by atoms with van der Waals surface area (Å²) >= 11 is 0. The molecule has 2 amide bonds. The molecule has 0 radical (unpaired) electrons. The number of aromatic hydroxyl groups is 1. The van der Waals surface area contributed by atoms with E-state index in [1.54, 1.807) is 32.0 Å². The molecule has 0 fully saturated rings. The number of phenolic OH excluding ortho intramolecular Hbond substituents is 1. The second-order valence-corrected chi connectivity index (χ2v) is 7.96. The molecule has 0 aliphatic carbocycles. The third-order valence-electron chi connectivity index (χ3n) is 5.20. The van der Waals surface area contributed by atoms with Gasteiger partial charge in [-0.1, -0.05) is 12.1 Å². The number of nitrogens with one attached hydrogen (secondary N) is 3. The number of rotatable bonds is 11. The third-order valence-corrected chi connectivity index (χ3v) is 5.20. The first-order valence-electron chi connectivity index (χ1n) is 11.2. The van der Waals surface area contributed by atoms with Gasteiger partial charge in [0.25, 0.3) is 11.8 Å². The van der Waals surface area contributed by atoms with Crippen LogP contribution in [0.5, 0.6) is 5.75 Å². The monoisotopic (exact) mass is 493 g/mol. The zero-order chi connectivity index (χ0) is 26.1. The molecule has 1 aromatic carbocycles. The molecular weight excluding hydrogens is 466 g/mol. The lowest BCUT2D eigenvalue weighted by molar-refractivity contribution is -0.139. The van der Waals surface area contributed by atoms with Crippen LogP contribution in [0.15, 0.2) is 42.9 Å². The Morgan fingerprint density at radius 1 is 1.06 bits per heavy atom. The molecule has 0 bridgehead atoms. The van der Waals surface area contributed by atoms with E-state index in [2.05, 4.69) is 35.9 Å². The smallest absolute Gasteiger partial charge is 0.328 e. The second-order valence-electron chi connectivity index (χ2n) is 7.96. The van der Waals surface area contributed by atoms with Crippen LogP contribution in [0.25, 0.3) is 0 Å². The summed E-state index contributed by atoms with van der Waals surface area (Å²) < 4.78 is 0. The van der Waals surface area contributed by atoms with Crippen molar-refractivity contribution in [1.29, 1.82) is 0 Å². The van der Waals surface area contributed by atoms with Gasteiger partial charge in [0, 0.05) is 25.5 Å². The van der Waals surface area contributed by atoms with E-state index in [4.69, 9.17) is 0 Å². The van der Waals surface area contributed by atoms with Gasteiger partial charge < -0.3 is 26.2 Å². The molecule has 3 aromatic rings. The van der Waals surface area contributed by atoms with Crippen LogP contribution >= 0.6 is 0 Å². The maximum atomic E-state index is 12.8. The standard InChI is InChI=1S/C24H27N7O5/c1-14-20(15(2)30-24(29-14)27-8-4-6-16-5-3-7-17(32)11-16)22(34)31-19(23(35)36)13-28-21(33)18-12-25-9-10-26-18/h3,5,7,9-12,19,32H,4,6,8,13H2,1-2H3,(H,28,33)(H,31,34)(H,35,36)(H,27,29,30). The van der Waals surface area contributed by atoms with Crippen molar-refractivity contribution in [3.05, 3.63) is 71.1 Å². The van der Waals surface area contributed by atoms with E-state index < -0.39 is 23.8 Å². The number of anilines is 1. The number of nitrogens with zero attached hydrogens (tertiary/aromatic N) is 4. The Hall–Kier alpha value is -4.61. The average molecular weight is 494 g/mol. The minimum Gasteiger partial charge on any atom is -0.508 e. The number of aryl methyl sites for hydroxylation is 3. The summed E-state index contributed by atoms with van der Waals surface area (Å²) in [6.07, 6.45) is 5.51. The van der Waals surface area contributed by atoms with E-state index >= 15 is 0 Å². The first-order valence-corrected chi connectivity index (χ1v) is 11.2. The van der Waals surface area contributed by atoms with Gasteiger partial charge in [0.05, 0.1) is 23.1 Å². The first-order chi connectivity index (χ1) is 17.2. The predicted molar refractivity (Wildman–Crippen MR) is 130 cm³/mol. The molecule has 5 N–H and O–H groups in total. The van der Waals surface area contributed by atoms with Crippen LogP contribution in [-0.4, -0.2) is 67.1 Å². The molecule has 2 heterocycles. The van der Waals surface area contributed by atoms with Gasteiger partial charge in [-0.25, -0.2) is 19.7 Å². The summed E-state index contributed by atoms with van der Waals surface area (Å²) in [5.74, 6) is -2.02. The van der Waals surface area contributed by atoms with Gasteiger partial charge in [0.15, 0.2) is 0 Å². The molecule has 2 aromatic heterocycles. The van der Waals surface area contributed by atoms with E-state index in [9.17, 15) is 24.6 Å². The number of carbonyl (C=O) groups excluding carboxylic acids is 2. The van der Waals surface area contributed by atoms with Crippen molar-refractivity contribution < 1.29 is 24.6 Å². The number of phenols is 1.